The molecule has 7 fully saturated rings. The van der Waals surface area contributed by atoms with Crippen LogP contribution >= 0.6 is 0 Å². The van der Waals surface area contributed by atoms with Gasteiger partial charge in [-0.25, -0.2) is 92.6 Å². The van der Waals surface area contributed by atoms with Crippen molar-refractivity contribution >= 4 is 91.0 Å². The molecular formula is C102H111F12N21O11. The Morgan fingerprint density at radius 1 is 0.425 bits per heavy atom. The average molecular weight is 2040 g/mol. The Morgan fingerprint density at radius 3 is 1.13 bits per heavy atom. The SMILES string of the molecule is COCC1CCCCN1C(=O)c1cc2c(N[C@H](C)c3cccc(C(F)F)c3F)ncnc2n(C)c1=O.C[C@@H](Nc1ncnc2c1cc(C(=O)N1CC(N3CC(C)(C)C3)C1)c(=O)n2C)c1cccc(C(F)F)c1F.C[C@@H](Nc1ncnc2c1cc(C(=O)N1CCOC3(CCOC3)C1)c(=O)n2C)c1cccc(C(F)F)c1F.C[C@@H](Nc1ncnc2c1cc(C(=O)N1CC[C@]3(C)CCC[C@H]13)c(=O)n2C)c1cccc(C(F)F)c1F. The molecule has 4 N–H and O–H groups in total. The van der Waals surface area contributed by atoms with Crippen molar-refractivity contribution in [1.82, 2.24) is 82.6 Å². The van der Waals surface area contributed by atoms with Crippen molar-refractivity contribution in [1.29, 1.82) is 0 Å². The summed E-state index contributed by atoms with van der Waals surface area (Å²) in [4.78, 5) is 149. The molecule has 0 bridgehead atoms. The first-order valence-corrected chi connectivity index (χ1v) is 47.9. The Bertz CT molecular complexity index is 7260. The summed E-state index contributed by atoms with van der Waals surface area (Å²) >= 11 is 0. The quantitative estimate of drug-likeness (QED) is 0.0432. The van der Waals surface area contributed by atoms with E-state index in [2.05, 4.69) is 86.8 Å². The number of morpholine rings is 1. The predicted molar refractivity (Wildman–Crippen MR) is 520 cm³/mol. The fourth-order valence-corrected chi connectivity index (χ4v) is 20.7. The van der Waals surface area contributed by atoms with Gasteiger partial charge >= 0.3 is 0 Å². The lowest BCUT2D eigenvalue weighted by atomic mass is 9.82. The molecule has 4 amide bonds. The van der Waals surface area contributed by atoms with E-state index < -0.39 is 135 Å². The van der Waals surface area contributed by atoms with E-state index in [0.29, 0.717) is 111 Å². The van der Waals surface area contributed by atoms with Gasteiger partial charge in [-0.1, -0.05) is 100.0 Å². The summed E-state index contributed by atoms with van der Waals surface area (Å²) in [6.07, 6.45) is 0.406. The van der Waals surface area contributed by atoms with Crippen molar-refractivity contribution in [2.24, 2.45) is 39.0 Å². The fraction of sp³-hybridized carbons (Fsp3) is 0.451. The summed E-state index contributed by atoms with van der Waals surface area (Å²) < 4.78 is 186. The van der Waals surface area contributed by atoms with Gasteiger partial charge in [-0.2, -0.15) is 0 Å². The molecule has 6 saturated heterocycles. The highest BCUT2D eigenvalue weighted by Crippen LogP contribution is 2.49. The van der Waals surface area contributed by atoms with Gasteiger partial charge in [0.15, 0.2) is 0 Å². The summed E-state index contributed by atoms with van der Waals surface area (Å²) in [5, 5.41) is 13.7. The topological polar surface area (TPSA) is 351 Å². The monoisotopic (exact) mass is 2030 g/mol. The average Bonchev–Trinajstić information content (AvgIpc) is 1.65. The number of methoxy groups -OCH3 is 1. The summed E-state index contributed by atoms with van der Waals surface area (Å²) in [6.45, 7) is 19.6. The molecule has 774 valence electrons. The number of carbonyl (C=O) groups excluding carboxylic acids is 4. The van der Waals surface area contributed by atoms with Gasteiger partial charge in [0.2, 0.25) is 0 Å². The van der Waals surface area contributed by atoms with Crippen molar-refractivity contribution in [3.63, 3.8) is 0 Å². The number of rotatable bonds is 23. The van der Waals surface area contributed by atoms with Crippen molar-refractivity contribution in [3.05, 3.63) is 254 Å². The molecule has 19 rings (SSSR count). The molecule has 1 aliphatic carbocycles. The van der Waals surface area contributed by atoms with Crippen LogP contribution in [0.3, 0.4) is 0 Å². The maximum Gasteiger partial charge on any atom is 0.266 e. The molecule has 4 aromatic carbocycles. The molecule has 7 aliphatic rings. The Labute approximate surface area is 829 Å². The number of alkyl halides is 8. The van der Waals surface area contributed by atoms with Crippen LogP contribution < -0.4 is 43.5 Å². The maximum atomic E-state index is 14.7. The number of anilines is 4. The van der Waals surface area contributed by atoms with Crippen molar-refractivity contribution in [3.8, 4) is 0 Å². The van der Waals surface area contributed by atoms with E-state index in [1.54, 1.807) is 49.5 Å². The van der Waals surface area contributed by atoms with Crippen LogP contribution in [-0.2, 0) is 42.4 Å². The zero-order valence-electron chi connectivity index (χ0n) is 82.2. The Hall–Kier alpha value is -13.9. The largest absolute Gasteiger partial charge is 0.383 e. The number of halogens is 12. The number of amides is 4. The number of pyridine rings is 4. The third-order valence-electron chi connectivity index (χ3n) is 28.8. The van der Waals surface area contributed by atoms with Crippen LogP contribution in [0.15, 0.2) is 142 Å². The number of carbonyl (C=O) groups is 4. The van der Waals surface area contributed by atoms with Crippen LogP contribution in [0.1, 0.15) is 236 Å². The molecule has 6 aliphatic heterocycles. The molecule has 44 heteroatoms. The van der Waals surface area contributed by atoms with Gasteiger partial charge in [-0.05, 0) is 101 Å². The van der Waals surface area contributed by atoms with E-state index in [1.807, 2.05) is 4.90 Å². The number of hydrogen-bond acceptors (Lipinski definition) is 24. The molecule has 1 spiro atoms. The van der Waals surface area contributed by atoms with Crippen LogP contribution in [0.4, 0.5) is 76.0 Å². The number of fused-ring (bicyclic) bond motifs is 5. The zero-order valence-corrected chi connectivity index (χ0v) is 82.2. The minimum atomic E-state index is -2.95. The number of hydrogen-bond donors (Lipinski definition) is 4. The number of benzene rings is 4. The molecule has 1 saturated carbocycles. The molecule has 2 unspecified atom stereocenters. The fourth-order valence-electron chi connectivity index (χ4n) is 20.7. The van der Waals surface area contributed by atoms with Gasteiger partial charge in [0, 0.05) is 128 Å². The molecule has 8 aromatic heterocycles. The Morgan fingerprint density at radius 2 is 0.781 bits per heavy atom. The summed E-state index contributed by atoms with van der Waals surface area (Å²) in [5.41, 5.74) is -3.65. The maximum absolute atomic E-state index is 14.7. The van der Waals surface area contributed by atoms with Crippen molar-refractivity contribution in [2.75, 3.05) is 107 Å². The number of likely N-dealkylation sites (tertiary alicyclic amines) is 4. The molecular weight excluding hydrogens is 1920 g/mol. The third-order valence-corrected chi connectivity index (χ3v) is 28.8. The van der Waals surface area contributed by atoms with E-state index in [4.69, 9.17) is 14.2 Å². The van der Waals surface area contributed by atoms with Crippen molar-refractivity contribution < 1.29 is 86.1 Å². The van der Waals surface area contributed by atoms with Gasteiger partial charge in [0.25, 0.3) is 71.6 Å². The zero-order chi connectivity index (χ0) is 105. The minimum Gasteiger partial charge on any atom is -0.383 e. The lowest BCUT2D eigenvalue weighted by Gasteiger charge is -2.55. The predicted octanol–water partition coefficient (Wildman–Crippen LogP) is 16.2. The highest BCUT2D eigenvalue weighted by molar-refractivity contribution is 6.03. The number of ether oxygens (including phenoxy) is 3. The lowest BCUT2D eigenvalue weighted by molar-refractivity contribution is -0.0995. The van der Waals surface area contributed by atoms with Crippen LogP contribution in [0, 0.1) is 34.1 Å². The highest BCUT2D eigenvalue weighted by Gasteiger charge is 2.50. The third kappa shape index (κ3) is 20.9. The Kier molecular flexibility index (Phi) is 30.9. The number of aromatic nitrogens is 12. The van der Waals surface area contributed by atoms with Crippen molar-refractivity contribution in [2.45, 2.75) is 173 Å². The summed E-state index contributed by atoms with van der Waals surface area (Å²) in [5.74, 6) is -4.51. The number of aryl methyl sites for hydroxylation is 4. The van der Waals surface area contributed by atoms with Crippen LogP contribution in [0.5, 0.6) is 0 Å². The smallest absolute Gasteiger partial charge is 0.266 e. The second-order valence-corrected chi connectivity index (χ2v) is 39.1. The van der Waals surface area contributed by atoms with E-state index in [0.717, 1.165) is 82.3 Å². The van der Waals surface area contributed by atoms with Crippen LogP contribution in [-0.4, -0.2) is 216 Å². The molecule has 146 heavy (non-hydrogen) atoms. The van der Waals surface area contributed by atoms with E-state index >= 15 is 0 Å². The molecule has 12 aromatic rings. The van der Waals surface area contributed by atoms with Gasteiger partial charge in [0.1, 0.15) is 122 Å². The first-order valence-electron chi connectivity index (χ1n) is 47.9. The van der Waals surface area contributed by atoms with E-state index in [1.165, 1.54) is 145 Å². The Balaban J connectivity index is 0.000000139. The van der Waals surface area contributed by atoms with Gasteiger partial charge in [-0.15, -0.1) is 0 Å². The second-order valence-electron chi connectivity index (χ2n) is 39.1. The lowest BCUT2D eigenvalue weighted by Crippen LogP contribution is -2.68. The first kappa shape index (κ1) is 105. The van der Waals surface area contributed by atoms with E-state index in [-0.39, 0.29) is 114 Å². The first-order chi connectivity index (χ1) is 69.5. The summed E-state index contributed by atoms with van der Waals surface area (Å²) in [7, 11) is 7.64. The number of piperidine rings is 1. The van der Waals surface area contributed by atoms with Crippen LogP contribution in [0.2, 0.25) is 0 Å². The molecule has 8 atom stereocenters. The minimum absolute atomic E-state index is 0.00577. The molecule has 14 heterocycles. The molecule has 32 nitrogen and oxygen atoms in total. The van der Waals surface area contributed by atoms with E-state index in [9.17, 15) is 91.0 Å². The van der Waals surface area contributed by atoms with Gasteiger partial charge in [0.05, 0.1) is 100 Å². The highest BCUT2D eigenvalue weighted by atomic mass is 19.3. The van der Waals surface area contributed by atoms with Gasteiger partial charge in [-0.3, -0.25) is 61.5 Å². The normalized spacial score (nSPS) is 19.6. The second kappa shape index (κ2) is 43.0. The number of nitrogens with one attached hydrogen (secondary N) is 4. The summed E-state index contributed by atoms with van der Waals surface area (Å²) in [6, 6.07) is 18.5. The van der Waals surface area contributed by atoms with Gasteiger partial charge < -0.3 is 55.1 Å². The standard InChI is InChI=1S/C26H29F3N6O2.C26H28F3N5O2.C25H26F3N5O4.C25H28F3N5O3/c1-14(16-6-5-7-17(20(16)27)21(28)29)32-22-18-8-19(24(36)33(4)23(18)31-13-30-22)25(37)34-9-15(10-34)35-11-26(2,3)12-35;1-14(15-6-4-7-16(20(15)27)21(28)29)32-22-17-12-18(24(35)33(3)23(17)31-13-30-22)25(36)34-11-10-26(2)9-5-8-19(26)34;1-14(15-4-3-5-16(19(15)26)20(27)28)31-21-17-10-18(23(34)32(2)22(17)30-13-29-21)24(35)33-7-9-37-25(11-33)6-8-36-12-25;1-14(16-8-6-9-17(20(16)26)21(27)28)31-22-18-11-19(24(34)32(2)23(18)30-13-29-22)25(35)33-10-5-4-7-15(33)12-36-3/h5-8,13-15,21H,9-12H2,1-4H3,(H,30,31,32);4,6-7,12-14,19,21H,5,8-11H2,1-3H3,(H,30,31,32);3-5,10,13-14,20H,6-9,11-12H2,1-2H3,(H,29,30,31);6,8-9,11,13-15,21H,4-5,7,10,12H2,1-3H3,(H,29,30,31)/t14-;14-,19+,26+;14-,25?;14-,15?/m1111/s1. The molecule has 0 radical (unpaired) electrons. The van der Waals surface area contributed by atoms with Crippen LogP contribution in [0.25, 0.3) is 44.1 Å². The number of nitrogens with zero attached hydrogens (tertiary/aromatic N) is 17.